The van der Waals surface area contributed by atoms with Gasteiger partial charge < -0.3 is 20.7 Å². The zero-order valence-electron chi connectivity index (χ0n) is 14.9. The molecule has 0 saturated heterocycles. The van der Waals surface area contributed by atoms with E-state index in [2.05, 4.69) is 34.8 Å². The molecule has 3 N–H and O–H groups in total. The molecule has 130 valence electrons. The van der Waals surface area contributed by atoms with E-state index in [4.69, 9.17) is 4.74 Å². The van der Waals surface area contributed by atoms with Gasteiger partial charge in [-0.3, -0.25) is 9.79 Å². The molecule has 0 aromatic carbocycles. The molecule has 22 heavy (non-hydrogen) atoms. The second kappa shape index (κ2) is 13.4. The van der Waals surface area contributed by atoms with Crippen molar-refractivity contribution in [1.82, 2.24) is 16.0 Å². The molecule has 0 radical (unpaired) electrons. The largest absolute Gasteiger partial charge is 0.381 e. The first-order valence-electron chi connectivity index (χ1n) is 8.35. The van der Waals surface area contributed by atoms with Crippen LogP contribution >= 0.6 is 0 Å². The summed E-state index contributed by atoms with van der Waals surface area (Å²) in [6.07, 6.45) is 0.910. The summed E-state index contributed by atoms with van der Waals surface area (Å²) >= 11 is 0. The van der Waals surface area contributed by atoms with Gasteiger partial charge in [0, 0.05) is 45.3 Å². The topological polar surface area (TPSA) is 74.8 Å². The molecule has 0 aliphatic rings. The lowest BCUT2D eigenvalue weighted by molar-refractivity contribution is -0.123. The van der Waals surface area contributed by atoms with Crippen molar-refractivity contribution in [2.24, 2.45) is 16.8 Å². The molecule has 0 aromatic rings. The maximum absolute atomic E-state index is 11.4. The summed E-state index contributed by atoms with van der Waals surface area (Å²) in [5, 5.41) is 9.27. The zero-order valence-corrected chi connectivity index (χ0v) is 14.9. The molecular formula is C16H34N4O2. The first-order valence-corrected chi connectivity index (χ1v) is 8.35. The SMILES string of the molecule is CCNC(=NCCCOCC(C)C)NCCNC(=O)C(C)C. The van der Waals surface area contributed by atoms with E-state index < -0.39 is 0 Å². The van der Waals surface area contributed by atoms with Gasteiger partial charge in [0.15, 0.2) is 5.96 Å². The molecular weight excluding hydrogens is 280 g/mol. The second-order valence-electron chi connectivity index (χ2n) is 5.96. The number of hydrogen-bond acceptors (Lipinski definition) is 3. The predicted octanol–water partition coefficient (Wildman–Crippen LogP) is 1.38. The standard InChI is InChI=1S/C16H34N4O2/c1-6-17-16(19-8-7-11-22-12-13(2)3)20-10-9-18-15(21)14(4)5/h13-14H,6-12H2,1-5H3,(H,18,21)(H2,17,19,20). The summed E-state index contributed by atoms with van der Waals surface area (Å²) in [5.41, 5.74) is 0. The Labute approximate surface area is 135 Å². The fraction of sp³-hybridized carbons (Fsp3) is 0.875. The van der Waals surface area contributed by atoms with Gasteiger partial charge in [-0.2, -0.15) is 0 Å². The number of nitrogens with one attached hydrogen (secondary N) is 3. The Bertz CT molecular complexity index is 317. The molecule has 0 fully saturated rings. The Kier molecular flexibility index (Phi) is 12.6. The van der Waals surface area contributed by atoms with Crippen molar-refractivity contribution < 1.29 is 9.53 Å². The van der Waals surface area contributed by atoms with Gasteiger partial charge in [-0.1, -0.05) is 27.7 Å². The lowest BCUT2D eigenvalue weighted by atomic mass is 10.2. The van der Waals surface area contributed by atoms with E-state index in [1.54, 1.807) is 0 Å². The molecule has 0 spiro atoms. The molecule has 0 rings (SSSR count). The van der Waals surface area contributed by atoms with Crippen LogP contribution in [0, 0.1) is 11.8 Å². The van der Waals surface area contributed by atoms with Crippen LogP contribution in [0.5, 0.6) is 0 Å². The number of nitrogens with zero attached hydrogens (tertiary/aromatic N) is 1. The molecule has 0 saturated carbocycles. The van der Waals surface area contributed by atoms with E-state index in [0.717, 1.165) is 38.7 Å². The lowest BCUT2D eigenvalue weighted by Crippen LogP contribution is -2.42. The van der Waals surface area contributed by atoms with Gasteiger partial charge in [0.2, 0.25) is 5.91 Å². The fourth-order valence-electron chi connectivity index (χ4n) is 1.59. The number of carbonyl (C=O) groups excluding carboxylic acids is 1. The van der Waals surface area contributed by atoms with Crippen molar-refractivity contribution >= 4 is 11.9 Å². The van der Waals surface area contributed by atoms with E-state index in [1.807, 2.05) is 20.8 Å². The van der Waals surface area contributed by atoms with E-state index in [9.17, 15) is 4.79 Å². The first-order chi connectivity index (χ1) is 10.5. The predicted molar refractivity (Wildman–Crippen MR) is 92.1 cm³/mol. The Morgan fingerprint density at radius 1 is 1.09 bits per heavy atom. The van der Waals surface area contributed by atoms with E-state index in [0.29, 0.717) is 19.0 Å². The molecule has 0 aromatic heterocycles. The van der Waals surface area contributed by atoms with Crippen LogP contribution in [-0.4, -0.2) is 51.3 Å². The normalized spacial score (nSPS) is 11.9. The number of rotatable bonds is 11. The molecule has 0 atom stereocenters. The summed E-state index contributed by atoms with van der Waals surface area (Å²) in [4.78, 5) is 15.9. The minimum Gasteiger partial charge on any atom is -0.381 e. The van der Waals surface area contributed by atoms with E-state index >= 15 is 0 Å². The number of ether oxygens (including phenoxy) is 1. The molecule has 1 amide bonds. The van der Waals surface area contributed by atoms with Crippen LogP contribution in [0.3, 0.4) is 0 Å². The minimum absolute atomic E-state index is 0.0211. The van der Waals surface area contributed by atoms with Crippen LogP contribution in [0.15, 0.2) is 4.99 Å². The van der Waals surface area contributed by atoms with E-state index in [1.165, 1.54) is 0 Å². The van der Waals surface area contributed by atoms with Crippen molar-refractivity contribution in [2.45, 2.75) is 41.0 Å². The Morgan fingerprint density at radius 2 is 1.77 bits per heavy atom. The van der Waals surface area contributed by atoms with Crippen LogP contribution in [0.4, 0.5) is 0 Å². The monoisotopic (exact) mass is 314 g/mol. The fourth-order valence-corrected chi connectivity index (χ4v) is 1.59. The van der Waals surface area contributed by atoms with E-state index in [-0.39, 0.29) is 11.8 Å². The summed E-state index contributed by atoms with van der Waals surface area (Å²) in [5.74, 6) is 1.45. The summed E-state index contributed by atoms with van der Waals surface area (Å²) < 4.78 is 5.53. The second-order valence-corrected chi connectivity index (χ2v) is 5.96. The average Bonchev–Trinajstić information content (AvgIpc) is 2.46. The van der Waals surface area contributed by atoms with Gasteiger partial charge in [0.05, 0.1) is 0 Å². The number of carbonyl (C=O) groups is 1. The third kappa shape index (κ3) is 12.4. The molecule has 6 nitrogen and oxygen atoms in total. The van der Waals surface area contributed by atoms with Gasteiger partial charge in [0.25, 0.3) is 0 Å². The van der Waals surface area contributed by atoms with Crippen molar-refractivity contribution in [1.29, 1.82) is 0 Å². The molecule has 0 unspecified atom stereocenters. The van der Waals surface area contributed by atoms with Crippen LogP contribution in [0.1, 0.15) is 41.0 Å². The Morgan fingerprint density at radius 3 is 2.36 bits per heavy atom. The highest BCUT2D eigenvalue weighted by molar-refractivity contribution is 5.80. The first kappa shape index (κ1) is 20.7. The number of hydrogen-bond donors (Lipinski definition) is 3. The van der Waals surface area contributed by atoms with Gasteiger partial charge in [-0.05, 0) is 19.3 Å². The highest BCUT2D eigenvalue weighted by atomic mass is 16.5. The van der Waals surface area contributed by atoms with Crippen LogP contribution in [-0.2, 0) is 9.53 Å². The molecule has 0 heterocycles. The third-order valence-corrected chi connectivity index (χ3v) is 2.75. The van der Waals surface area contributed by atoms with Crippen LogP contribution in [0.25, 0.3) is 0 Å². The van der Waals surface area contributed by atoms with Crippen molar-refractivity contribution in [3.8, 4) is 0 Å². The van der Waals surface area contributed by atoms with Gasteiger partial charge >= 0.3 is 0 Å². The summed E-state index contributed by atoms with van der Waals surface area (Å²) in [6, 6.07) is 0. The number of guanidine groups is 1. The van der Waals surface area contributed by atoms with Gasteiger partial charge in [-0.15, -0.1) is 0 Å². The summed E-state index contributed by atoms with van der Waals surface area (Å²) in [6.45, 7) is 14.4. The molecule has 6 heteroatoms. The third-order valence-electron chi connectivity index (χ3n) is 2.75. The van der Waals surface area contributed by atoms with Gasteiger partial charge in [0.1, 0.15) is 0 Å². The maximum atomic E-state index is 11.4. The quantitative estimate of drug-likeness (QED) is 0.306. The maximum Gasteiger partial charge on any atom is 0.222 e. The van der Waals surface area contributed by atoms with Crippen molar-refractivity contribution in [3.05, 3.63) is 0 Å². The highest BCUT2D eigenvalue weighted by Gasteiger charge is 2.05. The minimum atomic E-state index is 0.0211. The molecule has 0 bridgehead atoms. The number of aliphatic imine (C=N–C) groups is 1. The Hall–Kier alpha value is -1.30. The highest BCUT2D eigenvalue weighted by Crippen LogP contribution is 1.93. The molecule has 0 aliphatic heterocycles. The average molecular weight is 314 g/mol. The molecule has 0 aliphatic carbocycles. The Balaban J connectivity index is 3.84. The van der Waals surface area contributed by atoms with Crippen molar-refractivity contribution in [2.75, 3.05) is 39.4 Å². The van der Waals surface area contributed by atoms with Gasteiger partial charge in [-0.25, -0.2) is 0 Å². The van der Waals surface area contributed by atoms with Crippen LogP contribution < -0.4 is 16.0 Å². The smallest absolute Gasteiger partial charge is 0.222 e. The summed E-state index contributed by atoms with van der Waals surface area (Å²) in [7, 11) is 0. The number of amides is 1. The van der Waals surface area contributed by atoms with Crippen LogP contribution in [0.2, 0.25) is 0 Å². The lowest BCUT2D eigenvalue weighted by Gasteiger charge is -2.12. The zero-order chi connectivity index (χ0) is 16.8. The van der Waals surface area contributed by atoms with Crippen molar-refractivity contribution in [3.63, 3.8) is 0 Å².